The molecule has 0 spiro atoms. The van der Waals surface area contributed by atoms with Crippen LogP contribution in [0.5, 0.6) is 0 Å². The second-order valence-electron chi connectivity index (χ2n) is 3.53. The van der Waals surface area contributed by atoms with E-state index in [4.69, 9.17) is 5.73 Å². The summed E-state index contributed by atoms with van der Waals surface area (Å²) in [4.78, 5) is 15.1. The Hall–Kier alpha value is -1.42. The topological polar surface area (TPSA) is 68.0 Å². The Morgan fingerprint density at radius 2 is 2.14 bits per heavy atom. The molecular formula is C10H13N3O. The van der Waals surface area contributed by atoms with Gasteiger partial charge in [-0.3, -0.25) is 9.78 Å². The van der Waals surface area contributed by atoms with Crippen LogP contribution in [0.4, 0.5) is 0 Å². The number of amides is 1. The zero-order chi connectivity index (χ0) is 9.97. The summed E-state index contributed by atoms with van der Waals surface area (Å²) in [6.07, 6.45) is 4.70. The van der Waals surface area contributed by atoms with E-state index in [-0.39, 0.29) is 18.0 Å². The van der Waals surface area contributed by atoms with Crippen LogP contribution in [-0.4, -0.2) is 16.9 Å². The van der Waals surface area contributed by atoms with Crippen molar-refractivity contribution in [2.45, 2.75) is 24.9 Å². The lowest BCUT2D eigenvalue weighted by molar-refractivity contribution is -0.123. The lowest BCUT2D eigenvalue weighted by atomic mass is 9.93. The fourth-order valence-corrected chi connectivity index (χ4v) is 1.72. The first-order valence-electron chi connectivity index (χ1n) is 4.72. The maximum atomic E-state index is 11.2. The van der Waals surface area contributed by atoms with Gasteiger partial charge in [-0.05, 0) is 24.1 Å². The number of hydrogen-bond donors (Lipinski definition) is 2. The van der Waals surface area contributed by atoms with Crippen LogP contribution in [0.1, 0.15) is 24.4 Å². The number of carbonyl (C=O) groups excluding carboxylic acids is 1. The van der Waals surface area contributed by atoms with E-state index >= 15 is 0 Å². The molecule has 1 saturated heterocycles. The quantitative estimate of drug-likeness (QED) is 0.673. The van der Waals surface area contributed by atoms with Crippen LogP contribution in [0.3, 0.4) is 0 Å². The summed E-state index contributed by atoms with van der Waals surface area (Å²) in [5.74, 6) is 0.0773. The Labute approximate surface area is 82.5 Å². The third-order valence-electron chi connectivity index (χ3n) is 2.51. The Morgan fingerprint density at radius 3 is 2.86 bits per heavy atom. The van der Waals surface area contributed by atoms with E-state index in [1.807, 2.05) is 12.1 Å². The molecule has 0 aromatic carbocycles. The van der Waals surface area contributed by atoms with E-state index in [2.05, 4.69) is 10.3 Å². The number of nitrogens with two attached hydrogens (primary N) is 1. The van der Waals surface area contributed by atoms with Crippen LogP contribution in [-0.2, 0) is 4.79 Å². The van der Waals surface area contributed by atoms with Gasteiger partial charge in [0.05, 0.1) is 6.04 Å². The monoisotopic (exact) mass is 191 g/mol. The molecule has 2 heterocycles. The molecule has 4 nitrogen and oxygen atoms in total. The summed E-state index contributed by atoms with van der Waals surface area (Å²) in [6, 6.07) is 3.72. The van der Waals surface area contributed by atoms with E-state index in [0.29, 0.717) is 6.42 Å². The van der Waals surface area contributed by atoms with Gasteiger partial charge in [0.2, 0.25) is 5.91 Å². The third-order valence-corrected chi connectivity index (χ3v) is 2.51. The first-order chi connectivity index (χ1) is 6.77. The molecule has 0 bridgehead atoms. The number of pyridine rings is 1. The van der Waals surface area contributed by atoms with Crippen LogP contribution in [0.15, 0.2) is 24.5 Å². The molecule has 4 heteroatoms. The molecule has 0 unspecified atom stereocenters. The molecule has 3 N–H and O–H groups in total. The van der Waals surface area contributed by atoms with Crippen LogP contribution in [0.25, 0.3) is 0 Å². The van der Waals surface area contributed by atoms with E-state index in [1.54, 1.807) is 12.4 Å². The smallest absolute Gasteiger partial charge is 0.220 e. The standard InChI is InChI=1S/C10H13N3O/c11-8-1-2-9(14)13-10(8)7-3-5-12-6-4-7/h3-6,8,10H,1-2,11H2,(H,13,14)/t8-,10+/m0/s1. The fourth-order valence-electron chi connectivity index (χ4n) is 1.72. The molecular weight excluding hydrogens is 178 g/mol. The second kappa shape index (κ2) is 3.75. The number of piperidine rings is 1. The van der Waals surface area contributed by atoms with Crippen LogP contribution < -0.4 is 11.1 Å². The van der Waals surface area contributed by atoms with Gasteiger partial charge in [-0.25, -0.2) is 0 Å². The number of nitrogens with zero attached hydrogens (tertiary/aromatic N) is 1. The molecule has 2 atom stereocenters. The first-order valence-corrected chi connectivity index (χ1v) is 4.72. The van der Waals surface area contributed by atoms with Gasteiger partial charge >= 0.3 is 0 Å². The van der Waals surface area contributed by atoms with Crippen molar-refractivity contribution < 1.29 is 4.79 Å². The number of rotatable bonds is 1. The molecule has 0 saturated carbocycles. The number of nitrogens with one attached hydrogen (secondary N) is 1. The lowest BCUT2D eigenvalue weighted by Crippen LogP contribution is -2.45. The van der Waals surface area contributed by atoms with E-state index in [9.17, 15) is 4.79 Å². The van der Waals surface area contributed by atoms with Crippen molar-refractivity contribution in [1.82, 2.24) is 10.3 Å². The van der Waals surface area contributed by atoms with Crippen molar-refractivity contribution in [3.05, 3.63) is 30.1 Å². The zero-order valence-electron chi connectivity index (χ0n) is 7.81. The average Bonchev–Trinajstić information content (AvgIpc) is 2.23. The minimum atomic E-state index is -0.0563. The summed E-state index contributed by atoms with van der Waals surface area (Å²) in [5, 5.41) is 2.89. The van der Waals surface area contributed by atoms with Crippen LogP contribution >= 0.6 is 0 Å². The van der Waals surface area contributed by atoms with Crippen molar-refractivity contribution in [2.24, 2.45) is 5.73 Å². The van der Waals surface area contributed by atoms with Crippen LogP contribution in [0.2, 0.25) is 0 Å². The zero-order valence-corrected chi connectivity index (χ0v) is 7.81. The maximum Gasteiger partial charge on any atom is 0.220 e. The molecule has 1 aliphatic heterocycles. The van der Waals surface area contributed by atoms with E-state index in [1.165, 1.54) is 0 Å². The molecule has 1 aromatic heterocycles. The largest absolute Gasteiger partial charge is 0.348 e. The second-order valence-corrected chi connectivity index (χ2v) is 3.53. The van der Waals surface area contributed by atoms with Gasteiger partial charge in [0, 0.05) is 24.9 Å². The van der Waals surface area contributed by atoms with Gasteiger partial charge < -0.3 is 11.1 Å². The highest BCUT2D eigenvalue weighted by molar-refractivity contribution is 5.77. The summed E-state index contributed by atoms with van der Waals surface area (Å²) in [5.41, 5.74) is 6.97. The highest BCUT2D eigenvalue weighted by Crippen LogP contribution is 2.21. The predicted octanol–water partition coefficient (Wildman–Crippen LogP) is 0.360. The van der Waals surface area contributed by atoms with Gasteiger partial charge in [0.1, 0.15) is 0 Å². The Morgan fingerprint density at radius 1 is 1.43 bits per heavy atom. The SMILES string of the molecule is N[C@H]1CCC(=O)N[C@@H]1c1ccncc1. The number of carbonyl (C=O) groups is 1. The molecule has 1 aliphatic rings. The van der Waals surface area contributed by atoms with Gasteiger partial charge in [0.25, 0.3) is 0 Å². The highest BCUT2D eigenvalue weighted by Gasteiger charge is 2.26. The van der Waals surface area contributed by atoms with Gasteiger partial charge in [0.15, 0.2) is 0 Å². The first kappa shape index (κ1) is 9.15. The molecule has 14 heavy (non-hydrogen) atoms. The average molecular weight is 191 g/mol. The number of aromatic nitrogens is 1. The summed E-state index contributed by atoms with van der Waals surface area (Å²) in [7, 11) is 0. The van der Waals surface area contributed by atoms with Gasteiger partial charge in [-0.15, -0.1) is 0 Å². The minimum absolute atomic E-state index is 0.00935. The van der Waals surface area contributed by atoms with E-state index < -0.39 is 0 Å². The van der Waals surface area contributed by atoms with Crippen molar-refractivity contribution in [1.29, 1.82) is 0 Å². The fraction of sp³-hybridized carbons (Fsp3) is 0.400. The van der Waals surface area contributed by atoms with Gasteiger partial charge in [-0.2, -0.15) is 0 Å². The van der Waals surface area contributed by atoms with Crippen molar-refractivity contribution in [2.75, 3.05) is 0 Å². The van der Waals surface area contributed by atoms with Crippen LogP contribution in [0, 0.1) is 0 Å². The maximum absolute atomic E-state index is 11.2. The predicted molar refractivity (Wildman–Crippen MR) is 52.3 cm³/mol. The van der Waals surface area contributed by atoms with Crippen molar-refractivity contribution in [3.8, 4) is 0 Å². The van der Waals surface area contributed by atoms with Gasteiger partial charge in [-0.1, -0.05) is 0 Å². The number of hydrogen-bond acceptors (Lipinski definition) is 3. The molecule has 1 fully saturated rings. The van der Waals surface area contributed by atoms with Crippen molar-refractivity contribution >= 4 is 5.91 Å². The highest BCUT2D eigenvalue weighted by atomic mass is 16.1. The Kier molecular flexibility index (Phi) is 2.45. The van der Waals surface area contributed by atoms with E-state index in [0.717, 1.165) is 12.0 Å². The molecule has 1 amide bonds. The lowest BCUT2D eigenvalue weighted by Gasteiger charge is -2.29. The molecule has 0 radical (unpaired) electrons. The Balaban J connectivity index is 2.20. The summed E-state index contributed by atoms with van der Waals surface area (Å²) >= 11 is 0. The normalized spacial score (nSPS) is 27.1. The summed E-state index contributed by atoms with van der Waals surface area (Å²) in [6.45, 7) is 0. The molecule has 2 rings (SSSR count). The van der Waals surface area contributed by atoms with Crippen molar-refractivity contribution in [3.63, 3.8) is 0 Å². The third kappa shape index (κ3) is 1.75. The summed E-state index contributed by atoms with van der Waals surface area (Å²) < 4.78 is 0. The minimum Gasteiger partial charge on any atom is -0.348 e. The Bertz CT molecular complexity index is 325. The molecule has 74 valence electrons. The molecule has 0 aliphatic carbocycles. The molecule has 1 aromatic rings.